The molecule has 1 saturated heterocycles. The highest BCUT2D eigenvalue weighted by Gasteiger charge is 2.35. The minimum atomic E-state index is -1.31. The van der Waals surface area contributed by atoms with Crippen LogP contribution in [-0.2, 0) is 17.6 Å². The predicted octanol–water partition coefficient (Wildman–Crippen LogP) is 2.18. The zero-order valence-corrected chi connectivity index (χ0v) is 16.1. The van der Waals surface area contributed by atoms with Gasteiger partial charge < -0.3 is 10.0 Å². The topological polar surface area (TPSA) is 56.7 Å². The molecule has 2 aliphatic rings. The third-order valence-electron chi connectivity index (χ3n) is 5.69. The number of hydrogen-bond donors (Lipinski definition) is 1. The Hall–Kier alpha value is -2.24. The average Bonchev–Trinajstić information content (AvgIpc) is 2.84. The normalized spacial score (nSPS) is 20.6. The van der Waals surface area contributed by atoms with Crippen LogP contribution in [0.25, 0.3) is 0 Å². The summed E-state index contributed by atoms with van der Waals surface area (Å²) in [7, 11) is 0. The highest BCUT2D eigenvalue weighted by atomic mass is 16.3. The van der Waals surface area contributed by atoms with Gasteiger partial charge >= 0.3 is 0 Å². The fourth-order valence-electron chi connectivity index (χ4n) is 4.29. The molecule has 0 bridgehead atoms. The Labute approximate surface area is 160 Å². The van der Waals surface area contributed by atoms with Crippen molar-refractivity contribution in [2.75, 3.05) is 26.2 Å². The minimum absolute atomic E-state index is 0.124. The third-order valence-corrected chi connectivity index (χ3v) is 5.69. The molecule has 1 amide bonds. The van der Waals surface area contributed by atoms with Crippen LogP contribution in [0.1, 0.15) is 42.3 Å². The summed E-state index contributed by atoms with van der Waals surface area (Å²) in [5, 5.41) is 10.0. The largest absolute Gasteiger partial charge is 0.381 e. The number of rotatable bonds is 2. The highest BCUT2D eigenvalue weighted by molar-refractivity contribution is 5.84. The quantitative estimate of drug-likeness (QED) is 0.886. The second kappa shape index (κ2) is 7.06. The van der Waals surface area contributed by atoms with Crippen molar-refractivity contribution >= 4 is 5.91 Å². The molecule has 0 spiro atoms. The summed E-state index contributed by atoms with van der Waals surface area (Å²) in [6, 6.07) is 13.0. The average molecular weight is 365 g/mol. The first-order valence-corrected chi connectivity index (χ1v) is 9.72. The lowest BCUT2D eigenvalue weighted by Crippen LogP contribution is -2.54. The molecule has 1 unspecified atom stereocenters. The van der Waals surface area contributed by atoms with Crippen molar-refractivity contribution in [3.05, 3.63) is 65.0 Å². The van der Waals surface area contributed by atoms with Gasteiger partial charge in [-0.25, -0.2) is 0 Å². The van der Waals surface area contributed by atoms with Crippen LogP contribution >= 0.6 is 0 Å². The monoisotopic (exact) mass is 365 g/mol. The van der Waals surface area contributed by atoms with Gasteiger partial charge in [-0.1, -0.05) is 30.3 Å². The van der Waals surface area contributed by atoms with Crippen LogP contribution in [-0.4, -0.2) is 57.6 Å². The van der Waals surface area contributed by atoms with Gasteiger partial charge in [-0.15, -0.1) is 0 Å². The number of aryl methyl sites for hydroxylation is 2. The molecule has 2 aromatic rings. The SMILES string of the molecule is CC(C)(O)C(=O)N1CCN(C2c3ccccc3CCc3cccnc32)CC1. The minimum Gasteiger partial charge on any atom is -0.381 e. The summed E-state index contributed by atoms with van der Waals surface area (Å²) >= 11 is 0. The molecule has 1 aromatic heterocycles. The number of amides is 1. The van der Waals surface area contributed by atoms with Gasteiger partial charge in [0.15, 0.2) is 0 Å². The molecule has 4 rings (SSSR count). The van der Waals surface area contributed by atoms with Crippen LogP contribution in [0.5, 0.6) is 0 Å². The van der Waals surface area contributed by atoms with Crippen LogP contribution < -0.4 is 0 Å². The molecule has 1 aliphatic heterocycles. The van der Waals surface area contributed by atoms with Crippen molar-refractivity contribution in [1.29, 1.82) is 0 Å². The van der Waals surface area contributed by atoms with E-state index in [0.717, 1.165) is 31.6 Å². The smallest absolute Gasteiger partial charge is 0.254 e. The van der Waals surface area contributed by atoms with E-state index in [1.165, 1.54) is 16.7 Å². The van der Waals surface area contributed by atoms with Crippen molar-refractivity contribution in [2.24, 2.45) is 0 Å². The maximum absolute atomic E-state index is 12.4. The van der Waals surface area contributed by atoms with E-state index < -0.39 is 5.60 Å². The first-order chi connectivity index (χ1) is 12.9. The van der Waals surface area contributed by atoms with Crippen molar-refractivity contribution in [3.63, 3.8) is 0 Å². The Morgan fingerprint density at radius 2 is 1.70 bits per heavy atom. The number of fused-ring (bicyclic) bond motifs is 2. The zero-order chi connectivity index (χ0) is 19.0. The number of aromatic nitrogens is 1. The number of nitrogens with zero attached hydrogens (tertiary/aromatic N) is 3. The summed E-state index contributed by atoms with van der Waals surface area (Å²) in [5.41, 5.74) is 3.86. The number of carbonyl (C=O) groups is 1. The Kier molecular flexibility index (Phi) is 4.74. The van der Waals surface area contributed by atoms with Gasteiger partial charge in [-0.3, -0.25) is 14.7 Å². The van der Waals surface area contributed by atoms with Gasteiger partial charge in [0.25, 0.3) is 5.91 Å². The summed E-state index contributed by atoms with van der Waals surface area (Å²) in [5.74, 6) is -0.193. The number of carbonyl (C=O) groups excluding carboxylic acids is 1. The van der Waals surface area contributed by atoms with Gasteiger partial charge in [0.05, 0.1) is 11.7 Å². The van der Waals surface area contributed by atoms with Gasteiger partial charge in [0.1, 0.15) is 5.60 Å². The molecule has 27 heavy (non-hydrogen) atoms. The number of aliphatic hydroxyl groups is 1. The lowest BCUT2D eigenvalue weighted by molar-refractivity contribution is -0.149. The lowest BCUT2D eigenvalue weighted by Gasteiger charge is -2.41. The van der Waals surface area contributed by atoms with Gasteiger partial charge in [0.2, 0.25) is 0 Å². The van der Waals surface area contributed by atoms with E-state index in [1.54, 1.807) is 18.7 Å². The summed E-state index contributed by atoms with van der Waals surface area (Å²) in [6.07, 6.45) is 3.92. The second-order valence-corrected chi connectivity index (χ2v) is 8.04. The molecule has 5 heteroatoms. The molecule has 1 aromatic carbocycles. The molecule has 1 aliphatic carbocycles. The molecule has 0 saturated carbocycles. The van der Waals surface area contributed by atoms with Crippen molar-refractivity contribution < 1.29 is 9.90 Å². The highest BCUT2D eigenvalue weighted by Crippen LogP contribution is 2.36. The van der Waals surface area contributed by atoms with E-state index in [2.05, 4.69) is 35.2 Å². The lowest BCUT2D eigenvalue weighted by atomic mass is 9.96. The van der Waals surface area contributed by atoms with Gasteiger partial charge in [-0.05, 0) is 49.4 Å². The first-order valence-electron chi connectivity index (χ1n) is 9.72. The van der Waals surface area contributed by atoms with Crippen LogP contribution in [0.3, 0.4) is 0 Å². The Morgan fingerprint density at radius 3 is 2.44 bits per heavy atom. The van der Waals surface area contributed by atoms with Crippen LogP contribution in [0.4, 0.5) is 0 Å². The van der Waals surface area contributed by atoms with Crippen LogP contribution in [0, 0.1) is 0 Å². The maximum Gasteiger partial charge on any atom is 0.254 e. The molecule has 1 N–H and O–H groups in total. The number of pyridine rings is 1. The van der Waals surface area contributed by atoms with E-state index >= 15 is 0 Å². The fraction of sp³-hybridized carbons (Fsp3) is 0.455. The maximum atomic E-state index is 12.4. The number of piperazine rings is 1. The van der Waals surface area contributed by atoms with Crippen molar-refractivity contribution in [1.82, 2.24) is 14.8 Å². The predicted molar refractivity (Wildman–Crippen MR) is 104 cm³/mol. The van der Waals surface area contributed by atoms with Crippen LogP contribution in [0.2, 0.25) is 0 Å². The van der Waals surface area contributed by atoms with Crippen molar-refractivity contribution in [3.8, 4) is 0 Å². The molecule has 1 fully saturated rings. The molecule has 5 nitrogen and oxygen atoms in total. The molecular weight excluding hydrogens is 338 g/mol. The van der Waals surface area contributed by atoms with Gasteiger partial charge in [0, 0.05) is 32.4 Å². The Bertz CT molecular complexity index is 788. The van der Waals surface area contributed by atoms with E-state index in [1.807, 2.05) is 12.3 Å². The van der Waals surface area contributed by atoms with E-state index in [9.17, 15) is 9.90 Å². The van der Waals surface area contributed by atoms with E-state index in [-0.39, 0.29) is 11.9 Å². The van der Waals surface area contributed by atoms with E-state index in [4.69, 9.17) is 4.98 Å². The van der Waals surface area contributed by atoms with Gasteiger partial charge in [-0.2, -0.15) is 0 Å². The fourth-order valence-corrected chi connectivity index (χ4v) is 4.29. The molecular formula is C22H27N3O2. The summed E-state index contributed by atoms with van der Waals surface area (Å²) in [4.78, 5) is 21.4. The Morgan fingerprint density at radius 1 is 1.04 bits per heavy atom. The second-order valence-electron chi connectivity index (χ2n) is 8.04. The summed E-state index contributed by atoms with van der Waals surface area (Å²) in [6.45, 7) is 5.92. The summed E-state index contributed by atoms with van der Waals surface area (Å²) < 4.78 is 0. The third kappa shape index (κ3) is 3.49. The molecule has 1 atom stereocenters. The number of hydrogen-bond acceptors (Lipinski definition) is 4. The standard InChI is InChI=1S/C22H27N3O2/c1-22(2,27)21(26)25-14-12-24(13-15-25)20-18-8-4-3-6-16(18)9-10-17-7-5-11-23-19(17)20/h3-8,11,20,27H,9-10,12-15H2,1-2H3. The molecule has 142 valence electrons. The van der Waals surface area contributed by atoms with Crippen molar-refractivity contribution in [2.45, 2.75) is 38.3 Å². The first kappa shape index (κ1) is 18.1. The molecule has 0 radical (unpaired) electrons. The van der Waals surface area contributed by atoms with E-state index in [0.29, 0.717) is 13.1 Å². The van der Waals surface area contributed by atoms with Crippen LogP contribution in [0.15, 0.2) is 42.6 Å². The Balaban J connectivity index is 1.63. The zero-order valence-electron chi connectivity index (χ0n) is 16.1. The number of benzene rings is 1. The molecule has 2 heterocycles.